The minimum atomic E-state index is 0.390. The van der Waals surface area contributed by atoms with Crippen molar-refractivity contribution in [2.24, 2.45) is 5.92 Å². The smallest absolute Gasteiger partial charge is 0.223 e. The van der Waals surface area contributed by atoms with Gasteiger partial charge in [-0.25, -0.2) is 0 Å². The molecule has 3 aliphatic rings. The first kappa shape index (κ1) is 14.3. The zero-order valence-electron chi connectivity index (χ0n) is 12.6. The van der Waals surface area contributed by atoms with Crippen LogP contribution in [0.1, 0.15) is 51.9 Å². The third-order valence-corrected chi connectivity index (χ3v) is 5.24. The molecule has 2 heterocycles. The first-order chi connectivity index (χ1) is 9.78. The predicted octanol–water partition coefficient (Wildman–Crippen LogP) is 1.93. The molecule has 4 heteroatoms. The minimum absolute atomic E-state index is 0.390. The Labute approximate surface area is 122 Å². The van der Waals surface area contributed by atoms with Gasteiger partial charge in [0.1, 0.15) is 0 Å². The molecule has 0 aromatic heterocycles. The molecule has 1 N–H and O–H groups in total. The third kappa shape index (κ3) is 3.01. The highest BCUT2D eigenvalue weighted by molar-refractivity contribution is 5.77. The van der Waals surface area contributed by atoms with E-state index in [4.69, 9.17) is 4.74 Å². The minimum Gasteiger partial charge on any atom is -0.378 e. The molecule has 3 rings (SSSR count). The van der Waals surface area contributed by atoms with Crippen LogP contribution in [-0.2, 0) is 9.53 Å². The SMILES string of the molecule is CCOC1CC(CC(=O)N2CCCC2C2CCCN2)C1. The van der Waals surface area contributed by atoms with E-state index in [9.17, 15) is 4.79 Å². The summed E-state index contributed by atoms with van der Waals surface area (Å²) in [5, 5.41) is 3.57. The fourth-order valence-corrected chi connectivity index (χ4v) is 4.14. The average Bonchev–Trinajstić information content (AvgIpc) is 3.06. The maximum atomic E-state index is 12.5. The summed E-state index contributed by atoms with van der Waals surface area (Å²) >= 11 is 0. The van der Waals surface area contributed by atoms with E-state index in [0.717, 1.165) is 39.0 Å². The van der Waals surface area contributed by atoms with Gasteiger partial charge in [0.25, 0.3) is 0 Å². The van der Waals surface area contributed by atoms with E-state index in [0.29, 0.717) is 30.0 Å². The average molecular weight is 280 g/mol. The van der Waals surface area contributed by atoms with Crippen LogP contribution in [0.4, 0.5) is 0 Å². The summed E-state index contributed by atoms with van der Waals surface area (Å²) in [4.78, 5) is 14.7. The van der Waals surface area contributed by atoms with Gasteiger partial charge in [-0.1, -0.05) is 0 Å². The molecule has 114 valence electrons. The molecule has 2 saturated heterocycles. The highest BCUT2D eigenvalue weighted by Gasteiger charge is 2.38. The lowest BCUT2D eigenvalue weighted by molar-refractivity contribution is -0.135. The van der Waals surface area contributed by atoms with Crippen LogP contribution in [0, 0.1) is 5.92 Å². The Morgan fingerprint density at radius 1 is 1.30 bits per heavy atom. The predicted molar refractivity (Wildman–Crippen MR) is 78.5 cm³/mol. The molecule has 0 aromatic rings. The molecule has 0 bridgehead atoms. The monoisotopic (exact) mass is 280 g/mol. The largest absolute Gasteiger partial charge is 0.378 e. The molecule has 0 aromatic carbocycles. The van der Waals surface area contributed by atoms with Gasteiger partial charge < -0.3 is 15.0 Å². The van der Waals surface area contributed by atoms with Gasteiger partial charge in [-0.2, -0.15) is 0 Å². The highest BCUT2D eigenvalue weighted by atomic mass is 16.5. The summed E-state index contributed by atoms with van der Waals surface area (Å²) in [6, 6.07) is 1.02. The highest BCUT2D eigenvalue weighted by Crippen LogP contribution is 2.34. The normalized spacial score (nSPS) is 37.1. The molecule has 2 atom stereocenters. The molecule has 2 aliphatic heterocycles. The molecule has 3 fully saturated rings. The van der Waals surface area contributed by atoms with Crippen LogP contribution in [0.3, 0.4) is 0 Å². The van der Waals surface area contributed by atoms with Crippen molar-refractivity contribution >= 4 is 5.91 Å². The Morgan fingerprint density at radius 2 is 2.15 bits per heavy atom. The summed E-state index contributed by atoms with van der Waals surface area (Å²) in [6.07, 6.45) is 8.21. The number of rotatable bonds is 5. The molecule has 1 aliphatic carbocycles. The van der Waals surface area contributed by atoms with Crippen molar-refractivity contribution in [2.45, 2.75) is 70.1 Å². The summed E-state index contributed by atoms with van der Waals surface area (Å²) in [7, 11) is 0. The maximum absolute atomic E-state index is 12.5. The molecule has 20 heavy (non-hydrogen) atoms. The molecule has 1 amide bonds. The lowest BCUT2D eigenvalue weighted by Gasteiger charge is -2.37. The molecule has 1 saturated carbocycles. The number of amides is 1. The van der Waals surface area contributed by atoms with Crippen molar-refractivity contribution in [1.82, 2.24) is 10.2 Å². The Kier molecular flexibility index (Phi) is 4.61. The summed E-state index contributed by atoms with van der Waals surface area (Å²) in [6.45, 7) is 4.94. The molecular weight excluding hydrogens is 252 g/mol. The summed E-state index contributed by atoms with van der Waals surface area (Å²) in [5.41, 5.74) is 0. The Balaban J connectivity index is 1.47. The van der Waals surface area contributed by atoms with Crippen LogP contribution < -0.4 is 5.32 Å². The van der Waals surface area contributed by atoms with Gasteiger partial charge in [0.05, 0.1) is 6.10 Å². The second-order valence-electron chi connectivity index (χ2n) is 6.62. The zero-order chi connectivity index (χ0) is 13.9. The van der Waals surface area contributed by atoms with Crippen molar-refractivity contribution in [2.75, 3.05) is 19.7 Å². The summed E-state index contributed by atoms with van der Waals surface area (Å²) < 4.78 is 5.58. The van der Waals surface area contributed by atoms with E-state index >= 15 is 0 Å². The zero-order valence-corrected chi connectivity index (χ0v) is 12.6. The van der Waals surface area contributed by atoms with Gasteiger partial charge in [-0.15, -0.1) is 0 Å². The van der Waals surface area contributed by atoms with E-state index in [2.05, 4.69) is 10.2 Å². The van der Waals surface area contributed by atoms with E-state index in [1.54, 1.807) is 0 Å². The second kappa shape index (κ2) is 6.44. The number of ether oxygens (including phenoxy) is 1. The number of hydrogen-bond donors (Lipinski definition) is 1. The van der Waals surface area contributed by atoms with Gasteiger partial charge in [-0.05, 0) is 57.9 Å². The fraction of sp³-hybridized carbons (Fsp3) is 0.938. The molecule has 4 nitrogen and oxygen atoms in total. The van der Waals surface area contributed by atoms with Crippen molar-refractivity contribution in [3.05, 3.63) is 0 Å². The van der Waals surface area contributed by atoms with Crippen molar-refractivity contribution < 1.29 is 9.53 Å². The van der Waals surface area contributed by atoms with Crippen LogP contribution in [0.15, 0.2) is 0 Å². The van der Waals surface area contributed by atoms with Gasteiger partial charge in [-0.3, -0.25) is 4.79 Å². The Morgan fingerprint density at radius 3 is 2.85 bits per heavy atom. The quantitative estimate of drug-likeness (QED) is 0.837. The topological polar surface area (TPSA) is 41.6 Å². The number of carbonyl (C=O) groups is 1. The number of nitrogens with one attached hydrogen (secondary N) is 1. The van der Waals surface area contributed by atoms with E-state index in [-0.39, 0.29) is 0 Å². The third-order valence-electron chi connectivity index (χ3n) is 5.24. The number of carbonyl (C=O) groups excluding carboxylic acids is 1. The molecule has 0 spiro atoms. The number of nitrogens with zero attached hydrogens (tertiary/aromatic N) is 1. The molecular formula is C16H28N2O2. The van der Waals surface area contributed by atoms with E-state index in [1.165, 1.54) is 25.7 Å². The van der Waals surface area contributed by atoms with Crippen LogP contribution >= 0.6 is 0 Å². The van der Waals surface area contributed by atoms with Crippen molar-refractivity contribution in [1.29, 1.82) is 0 Å². The Bertz CT molecular complexity index is 335. The summed E-state index contributed by atoms with van der Waals surface area (Å²) in [5.74, 6) is 0.956. The first-order valence-electron chi connectivity index (χ1n) is 8.42. The van der Waals surface area contributed by atoms with Crippen LogP contribution in [0.25, 0.3) is 0 Å². The van der Waals surface area contributed by atoms with Gasteiger partial charge in [0.2, 0.25) is 5.91 Å². The van der Waals surface area contributed by atoms with E-state index < -0.39 is 0 Å². The molecule has 0 radical (unpaired) electrons. The van der Waals surface area contributed by atoms with Gasteiger partial charge in [0, 0.05) is 31.7 Å². The maximum Gasteiger partial charge on any atom is 0.223 e. The van der Waals surface area contributed by atoms with Gasteiger partial charge >= 0.3 is 0 Å². The Hall–Kier alpha value is -0.610. The lowest BCUT2D eigenvalue weighted by atomic mass is 9.79. The fourth-order valence-electron chi connectivity index (χ4n) is 4.14. The number of hydrogen-bond acceptors (Lipinski definition) is 3. The van der Waals surface area contributed by atoms with Crippen LogP contribution in [-0.4, -0.2) is 48.7 Å². The molecule has 2 unspecified atom stereocenters. The second-order valence-corrected chi connectivity index (χ2v) is 6.62. The number of likely N-dealkylation sites (tertiary alicyclic amines) is 1. The van der Waals surface area contributed by atoms with Crippen molar-refractivity contribution in [3.8, 4) is 0 Å². The van der Waals surface area contributed by atoms with Crippen LogP contribution in [0.5, 0.6) is 0 Å². The van der Waals surface area contributed by atoms with Crippen LogP contribution in [0.2, 0.25) is 0 Å². The standard InChI is InChI=1S/C16H28N2O2/c1-2-20-13-9-12(10-13)11-16(19)18-8-4-6-15(18)14-5-3-7-17-14/h12-15,17H,2-11H2,1H3. The van der Waals surface area contributed by atoms with E-state index in [1.807, 2.05) is 6.92 Å². The van der Waals surface area contributed by atoms with Crippen molar-refractivity contribution in [3.63, 3.8) is 0 Å². The first-order valence-corrected chi connectivity index (χ1v) is 8.42. The lowest BCUT2D eigenvalue weighted by Crippen LogP contribution is -2.47. The van der Waals surface area contributed by atoms with Gasteiger partial charge in [0.15, 0.2) is 0 Å².